The fourth-order valence-corrected chi connectivity index (χ4v) is 4.39. The number of rotatable bonds is 6. The lowest BCUT2D eigenvalue weighted by molar-refractivity contribution is -0.116. The number of aryl methyl sites for hydroxylation is 1. The second-order valence-electron chi connectivity index (χ2n) is 6.02. The molecule has 7 heteroatoms. The van der Waals surface area contributed by atoms with Crippen molar-refractivity contribution in [2.45, 2.75) is 56.4 Å². The van der Waals surface area contributed by atoms with Crippen LogP contribution < -0.4 is 15.8 Å². The van der Waals surface area contributed by atoms with E-state index in [0.29, 0.717) is 37.8 Å². The molecule has 0 unspecified atom stereocenters. The Morgan fingerprint density at radius 3 is 2.57 bits per heavy atom. The summed E-state index contributed by atoms with van der Waals surface area (Å²) in [5.74, 6) is -0.0309. The van der Waals surface area contributed by atoms with Crippen molar-refractivity contribution < 1.29 is 13.2 Å². The highest BCUT2D eigenvalue weighted by Gasteiger charge is 2.31. The number of nitrogens with two attached hydrogens (primary N) is 1. The van der Waals surface area contributed by atoms with Crippen molar-refractivity contribution in [2.24, 2.45) is 5.73 Å². The van der Waals surface area contributed by atoms with E-state index in [1.807, 2.05) is 13.8 Å². The largest absolute Gasteiger partial charge is 0.329 e. The number of amides is 1. The van der Waals surface area contributed by atoms with Crippen LogP contribution in [0.15, 0.2) is 23.1 Å². The van der Waals surface area contributed by atoms with E-state index in [0.717, 1.165) is 5.56 Å². The normalized spacial score (nSPS) is 15.7. The molecule has 0 bridgehead atoms. The molecule has 1 aliphatic heterocycles. The Labute approximate surface area is 137 Å². The highest BCUT2D eigenvalue weighted by molar-refractivity contribution is 7.89. The van der Waals surface area contributed by atoms with Gasteiger partial charge in [0.1, 0.15) is 0 Å². The molecular weight excluding hydrogens is 314 g/mol. The molecule has 0 atom stereocenters. The summed E-state index contributed by atoms with van der Waals surface area (Å²) in [4.78, 5) is 11.8. The van der Waals surface area contributed by atoms with Gasteiger partial charge in [-0.1, -0.05) is 13.8 Å². The average Bonchev–Trinajstić information content (AvgIpc) is 2.72. The minimum absolute atomic E-state index is 0.0309. The number of hydrogen-bond donors (Lipinski definition) is 3. The second-order valence-corrected chi connectivity index (χ2v) is 7.70. The van der Waals surface area contributed by atoms with Gasteiger partial charge in [-0.2, -0.15) is 0 Å². The first-order valence-corrected chi connectivity index (χ1v) is 9.51. The van der Waals surface area contributed by atoms with Gasteiger partial charge in [-0.25, -0.2) is 13.1 Å². The zero-order valence-corrected chi connectivity index (χ0v) is 14.5. The molecule has 0 saturated heterocycles. The molecule has 0 saturated carbocycles. The van der Waals surface area contributed by atoms with E-state index in [1.165, 1.54) is 6.07 Å². The third kappa shape index (κ3) is 3.91. The van der Waals surface area contributed by atoms with Crippen LogP contribution in [0, 0.1) is 0 Å². The van der Waals surface area contributed by atoms with Gasteiger partial charge >= 0.3 is 0 Å². The minimum Gasteiger partial charge on any atom is -0.329 e. The van der Waals surface area contributed by atoms with E-state index in [1.54, 1.807) is 12.1 Å². The molecule has 0 aromatic heterocycles. The summed E-state index contributed by atoms with van der Waals surface area (Å²) in [6.45, 7) is 4.09. The predicted octanol–water partition coefficient (Wildman–Crippen LogP) is 1.76. The SMILES string of the molecule is CCC(CC)(CN)NS(=O)(=O)c1ccc2c(c1)CCCC(=O)N2. The van der Waals surface area contributed by atoms with Crippen LogP contribution in [0.2, 0.25) is 0 Å². The number of hydrogen-bond acceptors (Lipinski definition) is 4. The van der Waals surface area contributed by atoms with Crippen molar-refractivity contribution in [3.8, 4) is 0 Å². The van der Waals surface area contributed by atoms with Crippen molar-refractivity contribution >= 4 is 21.6 Å². The van der Waals surface area contributed by atoms with Crippen LogP contribution in [0.5, 0.6) is 0 Å². The molecule has 1 amide bonds. The quantitative estimate of drug-likeness (QED) is 0.735. The van der Waals surface area contributed by atoms with Crippen LogP contribution in [0.4, 0.5) is 5.69 Å². The summed E-state index contributed by atoms with van der Waals surface area (Å²) in [5.41, 5.74) is 6.71. The Kier molecular flexibility index (Phi) is 5.44. The summed E-state index contributed by atoms with van der Waals surface area (Å²) in [5, 5.41) is 2.81. The third-order valence-corrected chi connectivity index (χ3v) is 6.18. The highest BCUT2D eigenvalue weighted by Crippen LogP contribution is 2.26. The Morgan fingerprint density at radius 2 is 1.96 bits per heavy atom. The van der Waals surface area contributed by atoms with Crippen molar-refractivity contribution in [1.82, 2.24) is 4.72 Å². The van der Waals surface area contributed by atoms with E-state index in [2.05, 4.69) is 10.0 Å². The molecule has 0 aliphatic carbocycles. The molecule has 6 nitrogen and oxygen atoms in total. The zero-order valence-electron chi connectivity index (χ0n) is 13.7. The number of anilines is 1. The summed E-state index contributed by atoms with van der Waals surface area (Å²) >= 11 is 0. The van der Waals surface area contributed by atoms with Gasteiger partial charge < -0.3 is 11.1 Å². The fourth-order valence-electron chi connectivity index (χ4n) is 2.79. The molecule has 0 spiro atoms. The molecular formula is C16H25N3O3S. The lowest BCUT2D eigenvalue weighted by Gasteiger charge is -2.31. The summed E-state index contributed by atoms with van der Waals surface area (Å²) in [7, 11) is -3.66. The number of carbonyl (C=O) groups is 1. The fraction of sp³-hybridized carbons (Fsp3) is 0.562. The Bertz CT molecular complexity index is 674. The Morgan fingerprint density at radius 1 is 1.26 bits per heavy atom. The minimum atomic E-state index is -3.66. The topological polar surface area (TPSA) is 101 Å². The lowest BCUT2D eigenvalue weighted by Crippen LogP contribution is -2.52. The van der Waals surface area contributed by atoms with E-state index >= 15 is 0 Å². The maximum Gasteiger partial charge on any atom is 0.241 e. The number of fused-ring (bicyclic) bond motifs is 1. The van der Waals surface area contributed by atoms with Gasteiger partial charge in [0, 0.05) is 24.2 Å². The maximum absolute atomic E-state index is 12.7. The molecule has 23 heavy (non-hydrogen) atoms. The van der Waals surface area contributed by atoms with Crippen LogP contribution in [0.3, 0.4) is 0 Å². The van der Waals surface area contributed by atoms with Crippen LogP contribution in [0.25, 0.3) is 0 Å². The standard InChI is InChI=1S/C16H25N3O3S/c1-3-16(4-2,11-17)19-23(21,22)13-8-9-14-12(10-13)6-5-7-15(20)18-14/h8-10,19H,3-7,11,17H2,1-2H3,(H,18,20). The van der Waals surface area contributed by atoms with Crippen molar-refractivity contribution in [1.29, 1.82) is 0 Å². The number of sulfonamides is 1. The van der Waals surface area contributed by atoms with Gasteiger partial charge in [0.05, 0.1) is 4.90 Å². The number of nitrogens with one attached hydrogen (secondary N) is 2. The zero-order chi connectivity index (χ0) is 17.1. The highest BCUT2D eigenvalue weighted by atomic mass is 32.2. The molecule has 2 rings (SSSR count). The monoisotopic (exact) mass is 339 g/mol. The molecule has 1 aromatic rings. The molecule has 4 N–H and O–H groups in total. The first kappa shape index (κ1) is 17.9. The van der Waals surface area contributed by atoms with Gasteiger partial charge in [0.25, 0.3) is 0 Å². The van der Waals surface area contributed by atoms with E-state index < -0.39 is 15.6 Å². The van der Waals surface area contributed by atoms with Gasteiger partial charge in [-0.05, 0) is 49.4 Å². The van der Waals surface area contributed by atoms with Gasteiger partial charge in [0.2, 0.25) is 15.9 Å². The van der Waals surface area contributed by atoms with Crippen molar-refractivity contribution in [3.63, 3.8) is 0 Å². The molecule has 0 radical (unpaired) electrons. The average molecular weight is 339 g/mol. The number of benzene rings is 1. The second kappa shape index (κ2) is 6.98. The van der Waals surface area contributed by atoms with Crippen LogP contribution >= 0.6 is 0 Å². The number of carbonyl (C=O) groups excluding carboxylic acids is 1. The summed E-state index contributed by atoms with van der Waals surface area (Å²) in [6, 6.07) is 4.84. The van der Waals surface area contributed by atoms with E-state index in [9.17, 15) is 13.2 Å². The van der Waals surface area contributed by atoms with Gasteiger partial charge in [-0.3, -0.25) is 4.79 Å². The van der Waals surface area contributed by atoms with Crippen molar-refractivity contribution in [3.05, 3.63) is 23.8 Å². The van der Waals surface area contributed by atoms with Gasteiger partial charge in [0.15, 0.2) is 0 Å². The Balaban J connectivity index is 2.34. The van der Waals surface area contributed by atoms with Crippen molar-refractivity contribution in [2.75, 3.05) is 11.9 Å². The third-order valence-electron chi connectivity index (χ3n) is 4.61. The first-order chi connectivity index (χ1) is 10.9. The summed E-state index contributed by atoms with van der Waals surface area (Å²) < 4.78 is 28.2. The van der Waals surface area contributed by atoms with Crippen LogP contribution in [-0.2, 0) is 21.2 Å². The maximum atomic E-state index is 12.7. The van der Waals surface area contributed by atoms with Crippen LogP contribution in [0.1, 0.15) is 45.1 Å². The molecule has 1 aliphatic rings. The van der Waals surface area contributed by atoms with Gasteiger partial charge in [-0.15, -0.1) is 0 Å². The van der Waals surface area contributed by atoms with Crippen LogP contribution in [-0.4, -0.2) is 26.4 Å². The molecule has 128 valence electrons. The predicted molar refractivity (Wildman–Crippen MR) is 90.7 cm³/mol. The smallest absolute Gasteiger partial charge is 0.241 e. The molecule has 0 fully saturated rings. The van der Waals surface area contributed by atoms with E-state index in [4.69, 9.17) is 5.73 Å². The van der Waals surface area contributed by atoms with E-state index in [-0.39, 0.29) is 17.3 Å². The summed E-state index contributed by atoms with van der Waals surface area (Å²) in [6.07, 6.45) is 3.10. The Hall–Kier alpha value is -1.44. The first-order valence-electron chi connectivity index (χ1n) is 8.02. The molecule has 1 aromatic carbocycles. The lowest BCUT2D eigenvalue weighted by atomic mass is 9.95. The molecule has 1 heterocycles.